The molecule has 0 bridgehead atoms. The fraction of sp³-hybridized carbons (Fsp3) is 0.389. The van der Waals surface area contributed by atoms with E-state index in [1.807, 2.05) is 13.0 Å². The number of benzene rings is 1. The van der Waals surface area contributed by atoms with Gasteiger partial charge in [-0.1, -0.05) is 45.0 Å². The van der Waals surface area contributed by atoms with Crippen LogP contribution in [-0.2, 0) is 12.0 Å². The van der Waals surface area contributed by atoms with Gasteiger partial charge >= 0.3 is 0 Å². The molecule has 0 fully saturated rings. The molecule has 0 radical (unpaired) electrons. The Morgan fingerprint density at radius 1 is 1.14 bits per heavy atom. The average Bonchev–Trinajstić information content (AvgIpc) is 2.41. The van der Waals surface area contributed by atoms with E-state index in [1.165, 1.54) is 5.56 Å². The fourth-order valence-electron chi connectivity index (χ4n) is 2.31. The van der Waals surface area contributed by atoms with E-state index < -0.39 is 0 Å². The molecule has 0 spiro atoms. The summed E-state index contributed by atoms with van der Waals surface area (Å²) in [5.74, 6) is 0. The van der Waals surface area contributed by atoms with Crippen molar-refractivity contribution in [3.05, 3.63) is 69.6 Å². The molecule has 1 aromatic heterocycles. The van der Waals surface area contributed by atoms with Crippen LogP contribution in [0.25, 0.3) is 0 Å². The first kappa shape index (κ1) is 15.5. The van der Waals surface area contributed by atoms with Crippen LogP contribution >= 0.6 is 0 Å². The summed E-state index contributed by atoms with van der Waals surface area (Å²) in [5.41, 5.74) is 9.67. The molecule has 21 heavy (non-hydrogen) atoms. The number of nitrogens with two attached hydrogens (primary N) is 1. The van der Waals surface area contributed by atoms with Crippen molar-refractivity contribution in [1.29, 1.82) is 0 Å². The fourth-order valence-corrected chi connectivity index (χ4v) is 2.31. The van der Waals surface area contributed by atoms with Crippen molar-refractivity contribution >= 4 is 0 Å². The molecule has 2 N–H and O–H groups in total. The standard InChI is InChI=1S/C18H24N2O/c1-13-9-10-20(17(21)11-13)12-16(19)14-5-7-15(8-6-14)18(2,3)4/h5-11,16H,12,19H2,1-4H3. The molecule has 0 aliphatic heterocycles. The minimum atomic E-state index is -0.181. The molecule has 0 saturated carbocycles. The van der Waals surface area contributed by atoms with E-state index in [-0.39, 0.29) is 17.0 Å². The van der Waals surface area contributed by atoms with Crippen LogP contribution in [0.5, 0.6) is 0 Å². The number of hydrogen-bond donors (Lipinski definition) is 1. The lowest BCUT2D eigenvalue weighted by atomic mass is 9.86. The lowest BCUT2D eigenvalue weighted by molar-refractivity contribution is 0.558. The van der Waals surface area contributed by atoms with Crippen LogP contribution in [0.15, 0.2) is 47.4 Å². The maximum Gasteiger partial charge on any atom is 0.250 e. The third kappa shape index (κ3) is 3.82. The minimum absolute atomic E-state index is 0.00300. The molecule has 0 aliphatic carbocycles. The smallest absolute Gasteiger partial charge is 0.250 e. The minimum Gasteiger partial charge on any atom is -0.322 e. The van der Waals surface area contributed by atoms with Gasteiger partial charge in [-0.15, -0.1) is 0 Å². The molecular weight excluding hydrogens is 260 g/mol. The third-order valence-corrected chi connectivity index (χ3v) is 3.75. The number of aromatic nitrogens is 1. The number of rotatable bonds is 3. The van der Waals surface area contributed by atoms with Gasteiger partial charge in [0.15, 0.2) is 0 Å². The largest absolute Gasteiger partial charge is 0.322 e. The lowest BCUT2D eigenvalue weighted by Crippen LogP contribution is -2.26. The average molecular weight is 284 g/mol. The molecule has 1 aromatic carbocycles. The Morgan fingerprint density at radius 3 is 2.29 bits per heavy atom. The van der Waals surface area contributed by atoms with Crippen LogP contribution in [0.2, 0.25) is 0 Å². The molecule has 3 heteroatoms. The summed E-state index contributed by atoms with van der Waals surface area (Å²) in [6.07, 6.45) is 1.81. The van der Waals surface area contributed by atoms with Gasteiger partial charge in [0.05, 0.1) is 0 Å². The Kier molecular flexibility index (Phi) is 4.33. The zero-order valence-electron chi connectivity index (χ0n) is 13.3. The summed E-state index contributed by atoms with van der Waals surface area (Å²) < 4.78 is 1.66. The zero-order chi connectivity index (χ0) is 15.6. The van der Waals surface area contributed by atoms with Crippen molar-refractivity contribution < 1.29 is 0 Å². The molecule has 2 aromatic rings. The van der Waals surface area contributed by atoms with Crippen LogP contribution in [0.4, 0.5) is 0 Å². The first-order valence-electron chi connectivity index (χ1n) is 7.30. The van der Waals surface area contributed by atoms with E-state index in [2.05, 4.69) is 45.0 Å². The maximum absolute atomic E-state index is 11.9. The second-order valence-corrected chi connectivity index (χ2v) is 6.67. The maximum atomic E-state index is 11.9. The van der Waals surface area contributed by atoms with Crippen molar-refractivity contribution in [1.82, 2.24) is 4.57 Å². The summed E-state index contributed by atoms with van der Waals surface area (Å²) >= 11 is 0. The Hall–Kier alpha value is -1.87. The summed E-state index contributed by atoms with van der Waals surface area (Å²) in [7, 11) is 0. The van der Waals surface area contributed by atoms with Crippen LogP contribution < -0.4 is 11.3 Å². The number of pyridine rings is 1. The Balaban J connectivity index is 2.17. The SMILES string of the molecule is Cc1ccn(CC(N)c2ccc(C(C)(C)C)cc2)c(=O)c1. The second kappa shape index (κ2) is 5.86. The highest BCUT2D eigenvalue weighted by molar-refractivity contribution is 5.29. The van der Waals surface area contributed by atoms with Crippen LogP contribution in [0, 0.1) is 6.92 Å². The van der Waals surface area contributed by atoms with E-state index in [1.54, 1.807) is 16.8 Å². The van der Waals surface area contributed by atoms with Crippen molar-refractivity contribution in [2.45, 2.75) is 45.7 Å². The normalized spacial score (nSPS) is 13.2. The van der Waals surface area contributed by atoms with E-state index in [9.17, 15) is 4.79 Å². The number of nitrogens with zero attached hydrogens (tertiary/aromatic N) is 1. The molecule has 0 saturated heterocycles. The highest BCUT2D eigenvalue weighted by Crippen LogP contribution is 2.23. The monoisotopic (exact) mass is 284 g/mol. The third-order valence-electron chi connectivity index (χ3n) is 3.75. The Labute approximate surface area is 126 Å². The van der Waals surface area contributed by atoms with Gasteiger partial charge in [0, 0.05) is 24.8 Å². The van der Waals surface area contributed by atoms with Crippen LogP contribution in [0.1, 0.15) is 43.5 Å². The quantitative estimate of drug-likeness (QED) is 0.941. The van der Waals surface area contributed by atoms with Crippen molar-refractivity contribution in [2.24, 2.45) is 5.73 Å². The van der Waals surface area contributed by atoms with Gasteiger partial charge in [-0.05, 0) is 35.1 Å². The van der Waals surface area contributed by atoms with Gasteiger partial charge in [-0.3, -0.25) is 4.79 Å². The molecule has 1 unspecified atom stereocenters. The lowest BCUT2D eigenvalue weighted by Gasteiger charge is -2.20. The van der Waals surface area contributed by atoms with E-state index in [0.717, 1.165) is 11.1 Å². The van der Waals surface area contributed by atoms with E-state index in [4.69, 9.17) is 5.73 Å². The molecule has 2 rings (SSSR count). The summed E-state index contributed by atoms with van der Waals surface area (Å²) in [6, 6.07) is 11.7. The van der Waals surface area contributed by atoms with Crippen molar-refractivity contribution in [2.75, 3.05) is 0 Å². The second-order valence-electron chi connectivity index (χ2n) is 6.67. The topological polar surface area (TPSA) is 48.0 Å². The summed E-state index contributed by atoms with van der Waals surface area (Å²) in [4.78, 5) is 11.9. The van der Waals surface area contributed by atoms with Gasteiger partial charge in [-0.2, -0.15) is 0 Å². The van der Waals surface area contributed by atoms with E-state index >= 15 is 0 Å². The highest BCUT2D eigenvalue weighted by atomic mass is 16.1. The van der Waals surface area contributed by atoms with Gasteiger partial charge in [0.1, 0.15) is 0 Å². The predicted octanol–water partition coefficient (Wildman–Crippen LogP) is 3.15. The van der Waals surface area contributed by atoms with Crippen molar-refractivity contribution in [3.8, 4) is 0 Å². The first-order valence-corrected chi connectivity index (χ1v) is 7.30. The van der Waals surface area contributed by atoms with Gasteiger partial charge in [0.2, 0.25) is 0 Å². The zero-order valence-corrected chi connectivity index (χ0v) is 13.3. The number of aryl methyl sites for hydroxylation is 1. The Bertz CT molecular complexity index is 663. The van der Waals surface area contributed by atoms with Gasteiger partial charge in [0.25, 0.3) is 5.56 Å². The molecule has 112 valence electrons. The highest BCUT2D eigenvalue weighted by Gasteiger charge is 2.14. The van der Waals surface area contributed by atoms with Crippen molar-refractivity contribution in [3.63, 3.8) is 0 Å². The number of hydrogen-bond acceptors (Lipinski definition) is 2. The first-order chi connectivity index (χ1) is 9.77. The van der Waals surface area contributed by atoms with Crippen LogP contribution in [0.3, 0.4) is 0 Å². The molecule has 1 atom stereocenters. The van der Waals surface area contributed by atoms with Crippen LogP contribution in [-0.4, -0.2) is 4.57 Å². The van der Waals surface area contributed by atoms with Gasteiger partial charge < -0.3 is 10.3 Å². The molecule has 3 nitrogen and oxygen atoms in total. The summed E-state index contributed by atoms with van der Waals surface area (Å²) in [6.45, 7) is 8.97. The predicted molar refractivity (Wildman–Crippen MR) is 87.5 cm³/mol. The molecule has 0 amide bonds. The molecule has 0 aliphatic rings. The summed E-state index contributed by atoms with van der Waals surface area (Å²) in [5, 5.41) is 0. The van der Waals surface area contributed by atoms with E-state index in [0.29, 0.717) is 6.54 Å². The molecular formula is C18H24N2O. The van der Waals surface area contributed by atoms with Gasteiger partial charge in [-0.25, -0.2) is 0 Å². The molecule has 1 heterocycles. The Morgan fingerprint density at radius 2 is 1.76 bits per heavy atom.